The second-order valence-electron chi connectivity index (χ2n) is 4.05. The number of nitrogens with one attached hydrogen (secondary N) is 1. The molecule has 1 N–H and O–H groups in total. The van der Waals surface area contributed by atoms with Crippen molar-refractivity contribution in [2.24, 2.45) is 0 Å². The molecule has 1 amide bonds. The number of anilines is 1. The van der Waals surface area contributed by atoms with E-state index < -0.39 is 0 Å². The van der Waals surface area contributed by atoms with E-state index in [1.807, 2.05) is 32.0 Å². The van der Waals surface area contributed by atoms with Crippen molar-refractivity contribution in [2.75, 3.05) is 5.32 Å². The van der Waals surface area contributed by atoms with Gasteiger partial charge >= 0.3 is 0 Å². The van der Waals surface area contributed by atoms with Crippen LogP contribution in [-0.4, -0.2) is 10.9 Å². The molecule has 0 atom stereocenters. The number of rotatable bonds is 2. The lowest BCUT2D eigenvalue weighted by atomic mass is 10.1. The molecule has 0 aliphatic rings. The van der Waals surface area contributed by atoms with Crippen LogP contribution in [0.2, 0.25) is 0 Å². The molecule has 3 nitrogen and oxygen atoms in total. The van der Waals surface area contributed by atoms with Crippen LogP contribution in [0.25, 0.3) is 0 Å². The van der Waals surface area contributed by atoms with Gasteiger partial charge in [0.15, 0.2) is 0 Å². The number of carbonyl (C=O) groups excluding carboxylic acids is 1. The summed E-state index contributed by atoms with van der Waals surface area (Å²) in [6.07, 6.45) is 1.60. The number of benzene rings is 1. The van der Waals surface area contributed by atoms with Crippen molar-refractivity contribution >= 4 is 27.5 Å². The Balaban J connectivity index is 2.30. The van der Waals surface area contributed by atoms with Crippen LogP contribution in [-0.2, 0) is 0 Å². The Bertz CT molecular complexity index is 576. The third-order valence-electron chi connectivity index (χ3n) is 2.69. The van der Waals surface area contributed by atoms with Gasteiger partial charge in [-0.3, -0.25) is 4.79 Å². The molecule has 0 aliphatic heterocycles. The van der Waals surface area contributed by atoms with E-state index in [4.69, 9.17) is 0 Å². The molecule has 1 heterocycles. The highest BCUT2D eigenvalue weighted by molar-refractivity contribution is 9.10. The molecule has 4 heteroatoms. The first kappa shape index (κ1) is 12.8. The number of hydrogen-bond acceptors (Lipinski definition) is 2. The fourth-order valence-electron chi connectivity index (χ4n) is 1.74. The van der Waals surface area contributed by atoms with E-state index in [1.165, 1.54) is 0 Å². The van der Waals surface area contributed by atoms with Crippen molar-refractivity contribution in [3.63, 3.8) is 0 Å². The van der Waals surface area contributed by atoms with Crippen LogP contribution in [0.3, 0.4) is 0 Å². The normalized spacial score (nSPS) is 10.2. The van der Waals surface area contributed by atoms with E-state index >= 15 is 0 Å². The van der Waals surface area contributed by atoms with Crippen LogP contribution in [0.15, 0.2) is 41.0 Å². The Kier molecular flexibility index (Phi) is 3.77. The summed E-state index contributed by atoms with van der Waals surface area (Å²) in [7, 11) is 0. The lowest BCUT2D eigenvalue weighted by molar-refractivity contribution is 0.102. The summed E-state index contributed by atoms with van der Waals surface area (Å²) in [5.74, 6) is -0.208. The van der Waals surface area contributed by atoms with Gasteiger partial charge in [0.25, 0.3) is 5.91 Å². The van der Waals surface area contributed by atoms with E-state index in [9.17, 15) is 4.79 Å². The van der Waals surface area contributed by atoms with Gasteiger partial charge in [-0.1, -0.05) is 18.2 Å². The van der Waals surface area contributed by atoms with Crippen molar-refractivity contribution in [2.45, 2.75) is 13.8 Å². The van der Waals surface area contributed by atoms with Crippen LogP contribution < -0.4 is 5.32 Å². The average Bonchev–Trinajstić information content (AvgIpc) is 2.34. The molecule has 0 bridgehead atoms. The minimum Gasteiger partial charge on any atom is -0.320 e. The minimum absolute atomic E-state index is 0.208. The van der Waals surface area contributed by atoms with Gasteiger partial charge in [-0.25, -0.2) is 4.98 Å². The molecule has 0 radical (unpaired) electrons. The Morgan fingerprint density at radius 2 is 1.83 bits per heavy atom. The van der Waals surface area contributed by atoms with E-state index in [2.05, 4.69) is 26.2 Å². The van der Waals surface area contributed by atoms with E-state index in [0.29, 0.717) is 10.2 Å². The predicted molar refractivity (Wildman–Crippen MR) is 75.8 cm³/mol. The number of carbonyl (C=O) groups is 1. The highest BCUT2D eigenvalue weighted by Gasteiger charge is 2.13. The summed E-state index contributed by atoms with van der Waals surface area (Å²) in [6.45, 7) is 3.94. The molecule has 18 heavy (non-hydrogen) atoms. The van der Waals surface area contributed by atoms with Crippen molar-refractivity contribution in [3.8, 4) is 0 Å². The third-order valence-corrected chi connectivity index (χ3v) is 3.33. The molecule has 0 aliphatic carbocycles. The van der Waals surface area contributed by atoms with Crippen molar-refractivity contribution < 1.29 is 4.79 Å². The second kappa shape index (κ2) is 5.31. The number of amides is 1. The van der Waals surface area contributed by atoms with Gasteiger partial charge in [-0.15, -0.1) is 0 Å². The highest BCUT2D eigenvalue weighted by Crippen LogP contribution is 2.21. The summed E-state index contributed by atoms with van der Waals surface area (Å²) in [5, 5.41) is 2.90. The SMILES string of the molecule is Cc1cccc(C)c1NC(=O)c1ncccc1Br. The summed E-state index contributed by atoms with van der Waals surface area (Å²) < 4.78 is 0.689. The van der Waals surface area contributed by atoms with E-state index in [-0.39, 0.29) is 5.91 Å². The lowest BCUT2D eigenvalue weighted by Crippen LogP contribution is -2.15. The number of aryl methyl sites for hydroxylation is 2. The van der Waals surface area contributed by atoms with Gasteiger partial charge in [0, 0.05) is 16.4 Å². The molecule has 0 spiro atoms. The molecule has 1 aromatic heterocycles. The maximum Gasteiger partial charge on any atom is 0.275 e. The Morgan fingerprint density at radius 1 is 1.17 bits per heavy atom. The molecule has 2 rings (SSSR count). The van der Waals surface area contributed by atoms with Crippen LogP contribution in [0.1, 0.15) is 21.6 Å². The zero-order valence-corrected chi connectivity index (χ0v) is 11.8. The summed E-state index contributed by atoms with van der Waals surface area (Å²) in [4.78, 5) is 16.2. The van der Waals surface area contributed by atoms with Crippen LogP contribution in [0.5, 0.6) is 0 Å². The number of aromatic nitrogens is 1. The van der Waals surface area contributed by atoms with Gasteiger partial charge in [-0.2, -0.15) is 0 Å². The predicted octanol–water partition coefficient (Wildman–Crippen LogP) is 3.71. The summed E-state index contributed by atoms with van der Waals surface area (Å²) >= 11 is 3.32. The first-order chi connectivity index (χ1) is 8.59. The first-order valence-corrected chi connectivity index (χ1v) is 6.37. The molecule has 0 fully saturated rings. The van der Waals surface area contributed by atoms with Crippen LogP contribution in [0, 0.1) is 13.8 Å². The molecule has 92 valence electrons. The number of nitrogens with zero attached hydrogens (tertiary/aromatic N) is 1. The number of pyridine rings is 1. The first-order valence-electron chi connectivity index (χ1n) is 5.57. The summed E-state index contributed by atoms with van der Waals surface area (Å²) in [5.41, 5.74) is 3.31. The van der Waals surface area contributed by atoms with Crippen LogP contribution in [0.4, 0.5) is 5.69 Å². The molecule has 0 saturated carbocycles. The Morgan fingerprint density at radius 3 is 2.44 bits per heavy atom. The van der Waals surface area contributed by atoms with E-state index in [1.54, 1.807) is 18.3 Å². The van der Waals surface area contributed by atoms with Gasteiger partial charge in [0.1, 0.15) is 5.69 Å². The smallest absolute Gasteiger partial charge is 0.275 e. The monoisotopic (exact) mass is 304 g/mol. The highest BCUT2D eigenvalue weighted by atomic mass is 79.9. The van der Waals surface area contributed by atoms with Crippen molar-refractivity contribution in [3.05, 3.63) is 57.8 Å². The fraction of sp³-hybridized carbons (Fsp3) is 0.143. The lowest BCUT2D eigenvalue weighted by Gasteiger charge is -2.11. The third kappa shape index (κ3) is 2.59. The number of halogens is 1. The largest absolute Gasteiger partial charge is 0.320 e. The minimum atomic E-state index is -0.208. The summed E-state index contributed by atoms with van der Waals surface area (Å²) in [6, 6.07) is 9.48. The van der Waals surface area contributed by atoms with Crippen LogP contribution >= 0.6 is 15.9 Å². The fourth-order valence-corrected chi connectivity index (χ4v) is 2.17. The van der Waals surface area contributed by atoms with Gasteiger partial charge in [0.2, 0.25) is 0 Å². The molecule has 0 saturated heterocycles. The number of hydrogen-bond donors (Lipinski definition) is 1. The van der Waals surface area contributed by atoms with Crippen molar-refractivity contribution in [1.82, 2.24) is 4.98 Å². The zero-order chi connectivity index (χ0) is 13.1. The van der Waals surface area contributed by atoms with Gasteiger partial charge in [0.05, 0.1) is 0 Å². The maximum atomic E-state index is 12.1. The standard InChI is InChI=1S/C14H13BrN2O/c1-9-5-3-6-10(2)12(9)17-14(18)13-11(15)7-4-8-16-13/h3-8H,1-2H3,(H,17,18). The molecule has 1 aromatic carbocycles. The molecule has 2 aromatic rings. The van der Waals surface area contributed by atoms with E-state index in [0.717, 1.165) is 16.8 Å². The number of para-hydroxylation sites is 1. The average molecular weight is 305 g/mol. The van der Waals surface area contributed by atoms with Gasteiger partial charge < -0.3 is 5.32 Å². The topological polar surface area (TPSA) is 42.0 Å². The Hall–Kier alpha value is -1.68. The van der Waals surface area contributed by atoms with Gasteiger partial charge in [-0.05, 0) is 53.0 Å². The van der Waals surface area contributed by atoms with Crippen molar-refractivity contribution in [1.29, 1.82) is 0 Å². The maximum absolute atomic E-state index is 12.1. The Labute approximate surface area is 114 Å². The zero-order valence-electron chi connectivity index (χ0n) is 10.2. The second-order valence-corrected chi connectivity index (χ2v) is 4.91. The molecular formula is C14H13BrN2O. The molecule has 0 unspecified atom stereocenters. The molecular weight excluding hydrogens is 292 g/mol. The quantitative estimate of drug-likeness (QED) is 0.919.